The lowest BCUT2D eigenvalue weighted by Gasteiger charge is -2.42. The zero-order valence-electron chi connectivity index (χ0n) is 36.0. The van der Waals surface area contributed by atoms with Gasteiger partial charge in [0.15, 0.2) is 0 Å². The van der Waals surface area contributed by atoms with Crippen molar-refractivity contribution in [1.82, 2.24) is 0 Å². The molecule has 0 atom stereocenters. The lowest BCUT2D eigenvalue weighted by atomic mass is 9.63. The average molecular weight is 790 g/mol. The molecule has 0 radical (unpaired) electrons. The van der Waals surface area contributed by atoms with E-state index >= 15 is 0 Å². The molecule has 0 saturated heterocycles. The van der Waals surface area contributed by atoms with Crippen molar-refractivity contribution < 1.29 is 4.42 Å². The third-order valence-corrected chi connectivity index (χ3v) is 14.2. The van der Waals surface area contributed by atoms with Crippen LogP contribution in [0.1, 0.15) is 76.6 Å². The summed E-state index contributed by atoms with van der Waals surface area (Å²) >= 11 is 0. The number of fused-ring (bicyclic) bond motifs is 7. The molecule has 0 N–H and O–H groups in total. The van der Waals surface area contributed by atoms with E-state index in [9.17, 15) is 0 Å². The maximum absolute atomic E-state index is 6.80. The smallest absolute Gasteiger partial charge is 0.137 e. The molecular weight excluding hydrogens is 739 g/mol. The zero-order valence-corrected chi connectivity index (χ0v) is 36.0. The van der Waals surface area contributed by atoms with Crippen molar-refractivity contribution in [2.75, 3.05) is 4.90 Å². The Morgan fingerprint density at radius 1 is 0.377 bits per heavy atom. The van der Waals surface area contributed by atoms with E-state index < -0.39 is 0 Å². The number of furan rings is 1. The van der Waals surface area contributed by atoms with Crippen molar-refractivity contribution >= 4 is 39.0 Å². The first-order valence-electron chi connectivity index (χ1n) is 21.9. The van der Waals surface area contributed by atoms with Crippen molar-refractivity contribution in [3.8, 4) is 44.5 Å². The molecule has 0 amide bonds. The second kappa shape index (κ2) is 13.7. The van der Waals surface area contributed by atoms with Gasteiger partial charge < -0.3 is 9.32 Å². The summed E-state index contributed by atoms with van der Waals surface area (Å²) in [6, 6.07) is 65.0. The summed E-state index contributed by atoms with van der Waals surface area (Å²) < 4.78 is 6.80. The largest absolute Gasteiger partial charge is 0.456 e. The zero-order chi connectivity index (χ0) is 41.7. The van der Waals surface area contributed by atoms with Crippen molar-refractivity contribution in [1.29, 1.82) is 0 Å². The minimum atomic E-state index is -0.178. The number of nitrogens with zero attached hydrogens (tertiary/aromatic N) is 1. The molecule has 0 aliphatic heterocycles. The minimum Gasteiger partial charge on any atom is -0.456 e. The predicted molar refractivity (Wildman–Crippen MR) is 258 cm³/mol. The van der Waals surface area contributed by atoms with E-state index in [0.29, 0.717) is 0 Å². The first-order valence-corrected chi connectivity index (χ1v) is 21.9. The molecule has 11 rings (SSSR count). The van der Waals surface area contributed by atoms with E-state index in [4.69, 9.17) is 4.42 Å². The highest BCUT2D eigenvalue weighted by Gasteiger charge is 2.39. The maximum atomic E-state index is 6.80. The third-order valence-electron chi connectivity index (χ3n) is 14.2. The number of rotatable bonds is 6. The van der Waals surface area contributed by atoms with Gasteiger partial charge in [-0.05, 0) is 133 Å². The molecule has 0 fully saturated rings. The van der Waals surface area contributed by atoms with Gasteiger partial charge in [0.1, 0.15) is 11.2 Å². The number of hydrogen-bond acceptors (Lipinski definition) is 2. The Bertz CT molecular complexity index is 3150. The molecule has 2 aliphatic rings. The monoisotopic (exact) mass is 789 g/mol. The van der Waals surface area contributed by atoms with Gasteiger partial charge in [-0.15, -0.1) is 0 Å². The van der Waals surface area contributed by atoms with Crippen molar-refractivity contribution in [3.05, 3.63) is 198 Å². The fourth-order valence-corrected chi connectivity index (χ4v) is 10.5. The lowest BCUT2D eigenvalue weighted by molar-refractivity contribution is 0.332. The first-order chi connectivity index (χ1) is 29.5. The van der Waals surface area contributed by atoms with Gasteiger partial charge in [-0.2, -0.15) is 0 Å². The highest BCUT2D eigenvalue weighted by atomic mass is 16.3. The molecule has 0 saturated carbocycles. The second-order valence-corrected chi connectivity index (χ2v) is 19.2. The Balaban J connectivity index is 1.16. The number of hydrogen-bond donors (Lipinski definition) is 0. The Morgan fingerprint density at radius 3 is 1.66 bits per heavy atom. The van der Waals surface area contributed by atoms with Crippen molar-refractivity contribution in [3.63, 3.8) is 0 Å². The van der Waals surface area contributed by atoms with Gasteiger partial charge in [-0.1, -0.05) is 163 Å². The molecular formula is C59H51NO. The second-order valence-electron chi connectivity index (χ2n) is 19.2. The molecule has 2 nitrogen and oxygen atoms in total. The van der Waals surface area contributed by atoms with Crippen LogP contribution in [0.3, 0.4) is 0 Å². The Hall–Kier alpha value is -6.64. The van der Waals surface area contributed by atoms with E-state index in [0.717, 1.165) is 44.6 Å². The fourth-order valence-electron chi connectivity index (χ4n) is 10.5. The number of anilines is 3. The highest BCUT2D eigenvalue weighted by molar-refractivity contribution is 6.07. The van der Waals surface area contributed by atoms with E-state index in [1.54, 1.807) is 0 Å². The van der Waals surface area contributed by atoms with Gasteiger partial charge in [0.05, 0.1) is 5.69 Å². The molecule has 0 unspecified atom stereocenters. The lowest BCUT2D eigenvalue weighted by Crippen LogP contribution is -2.33. The van der Waals surface area contributed by atoms with Crippen LogP contribution in [0.25, 0.3) is 66.4 Å². The third kappa shape index (κ3) is 6.06. The van der Waals surface area contributed by atoms with Crippen LogP contribution in [-0.4, -0.2) is 0 Å². The Kier molecular flexibility index (Phi) is 8.39. The van der Waals surface area contributed by atoms with Crippen LogP contribution in [0.5, 0.6) is 0 Å². The first kappa shape index (κ1) is 37.4. The van der Waals surface area contributed by atoms with Crippen LogP contribution >= 0.6 is 0 Å². The Labute approximate surface area is 360 Å². The van der Waals surface area contributed by atoms with Crippen LogP contribution in [0.15, 0.2) is 180 Å². The number of benzene rings is 8. The van der Waals surface area contributed by atoms with Crippen molar-refractivity contribution in [2.24, 2.45) is 0 Å². The maximum Gasteiger partial charge on any atom is 0.137 e. The van der Waals surface area contributed by atoms with E-state index in [2.05, 4.69) is 222 Å². The Morgan fingerprint density at radius 2 is 0.934 bits per heavy atom. The molecule has 298 valence electrons. The van der Waals surface area contributed by atoms with Gasteiger partial charge >= 0.3 is 0 Å². The normalized spacial score (nSPS) is 15.6. The predicted octanol–water partition coefficient (Wildman–Crippen LogP) is 16.7. The van der Waals surface area contributed by atoms with Crippen LogP contribution in [0, 0.1) is 0 Å². The van der Waals surface area contributed by atoms with Crippen LogP contribution in [-0.2, 0) is 16.2 Å². The van der Waals surface area contributed by atoms with Crippen LogP contribution < -0.4 is 4.90 Å². The summed E-state index contributed by atoms with van der Waals surface area (Å²) in [7, 11) is 0. The summed E-state index contributed by atoms with van der Waals surface area (Å²) in [6.45, 7) is 14.5. The van der Waals surface area contributed by atoms with Crippen LogP contribution in [0.2, 0.25) is 0 Å². The summed E-state index contributed by atoms with van der Waals surface area (Å²) in [6.07, 6.45) is 2.35. The molecule has 1 aromatic heterocycles. The van der Waals surface area contributed by atoms with Gasteiger partial charge in [0, 0.05) is 39.2 Å². The topological polar surface area (TPSA) is 16.4 Å². The molecule has 61 heavy (non-hydrogen) atoms. The van der Waals surface area contributed by atoms with E-state index in [-0.39, 0.29) is 16.2 Å². The summed E-state index contributed by atoms with van der Waals surface area (Å²) in [5.41, 5.74) is 20.6. The molecule has 9 aromatic rings. The van der Waals surface area contributed by atoms with Gasteiger partial charge in [-0.3, -0.25) is 0 Å². The molecule has 1 heterocycles. The fraction of sp³-hybridized carbons (Fsp3) is 0.186. The molecule has 2 aliphatic carbocycles. The molecule has 2 heteroatoms. The summed E-state index contributed by atoms with van der Waals surface area (Å²) in [4.78, 5) is 2.47. The quantitative estimate of drug-likeness (QED) is 0.167. The van der Waals surface area contributed by atoms with E-state index in [1.165, 1.54) is 74.0 Å². The van der Waals surface area contributed by atoms with Gasteiger partial charge in [0.2, 0.25) is 0 Å². The minimum absolute atomic E-state index is 0.0754. The SMILES string of the molecule is CC1(C)CCC(C)(C)c2cc(-c3cc4c(cc3N(c3ccc(-c5ccccc5)cc3)c3ccc5c(c3)oc3cc(-c6ccccc6)ccc35)C(C)(C)c3ccccc3-4)ccc21. The molecule has 0 spiro atoms. The van der Waals surface area contributed by atoms with Crippen LogP contribution in [0.4, 0.5) is 17.1 Å². The van der Waals surface area contributed by atoms with Crippen molar-refractivity contribution in [2.45, 2.75) is 70.6 Å². The summed E-state index contributed by atoms with van der Waals surface area (Å²) in [5.74, 6) is 0. The molecule has 0 bridgehead atoms. The van der Waals surface area contributed by atoms with E-state index in [1.807, 2.05) is 0 Å². The standard InChI is InChI=1S/C59H51NO/c1-57(2)31-32-58(3,4)53-33-42(24-30-51(53)57)48-36-49-45-19-13-14-20-50(45)59(5,6)52(49)37-54(48)60(43-25-21-40(22-26-43)38-15-9-7-10-16-38)44-27-29-47-46-28-23-41(39-17-11-8-12-18-39)34-55(46)61-56(47)35-44/h7-30,33-37H,31-32H2,1-6H3. The molecule has 8 aromatic carbocycles. The van der Waals surface area contributed by atoms with Gasteiger partial charge in [-0.25, -0.2) is 0 Å². The van der Waals surface area contributed by atoms with Gasteiger partial charge in [0.25, 0.3) is 0 Å². The highest BCUT2D eigenvalue weighted by Crippen LogP contribution is 2.55. The average Bonchev–Trinajstić information content (AvgIpc) is 3.76. The summed E-state index contributed by atoms with van der Waals surface area (Å²) in [5, 5.41) is 2.24.